The first kappa shape index (κ1) is 22.8. The Hall–Kier alpha value is -2.43. The second-order valence-electron chi connectivity index (χ2n) is 10.6. The fraction of sp³-hybridized carbons (Fsp3) is 0.593. The molecule has 5 nitrogen and oxygen atoms in total. The second-order valence-corrected chi connectivity index (χ2v) is 10.6. The van der Waals surface area contributed by atoms with E-state index in [4.69, 9.17) is 0 Å². The predicted molar refractivity (Wildman–Crippen MR) is 132 cm³/mol. The molecule has 1 saturated carbocycles. The monoisotopic (exact) mass is 434 g/mol. The Bertz CT molecular complexity index is 1020. The molecule has 0 spiro atoms. The van der Waals surface area contributed by atoms with Gasteiger partial charge in [0.1, 0.15) is 18.0 Å². The van der Waals surface area contributed by atoms with Gasteiger partial charge in [-0.05, 0) is 85.6 Å². The van der Waals surface area contributed by atoms with Crippen LogP contribution in [0.25, 0.3) is 0 Å². The number of fused-ring (bicyclic) bond motifs is 1. The normalized spacial score (nSPS) is 21.3. The minimum Gasteiger partial charge on any atom is -0.340 e. The number of unbranched alkanes of at least 4 members (excludes halogenated alkanes) is 1. The maximum Gasteiger partial charge on any atom is 0.228 e. The van der Waals surface area contributed by atoms with Crippen LogP contribution in [0.5, 0.6) is 0 Å². The second kappa shape index (κ2) is 8.49. The largest absolute Gasteiger partial charge is 0.340 e. The SMILES string of the molecule is CCCCC1(CC)CC(C)(C)c2c(C)cc(Nc3ncnc(NC(=O)C4CC4)c3C)cc21. The quantitative estimate of drug-likeness (QED) is 0.485. The van der Waals surface area contributed by atoms with Crippen molar-refractivity contribution in [1.29, 1.82) is 0 Å². The molecule has 5 heteroatoms. The molecule has 0 saturated heterocycles. The molecule has 1 heterocycles. The average molecular weight is 435 g/mol. The van der Waals surface area contributed by atoms with Gasteiger partial charge < -0.3 is 10.6 Å². The number of anilines is 3. The molecule has 2 aliphatic rings. The number of carbonyl (C=O) groups excluding carboxylic acids is 1. The van der Waals surface area contributed by atoms with Crippen molar-refractivity contribution in [2.75, 3.05) is 10.6 Å². The van der Waals surface area contributed by atoms with Crippen LogP contribution in [-0.4, -0.2) is 15.9 Å². The van der Waals surface area contributed by atoms with Crippen molar-refractivity contribution >= 4 is 23.2 Å². The summed E-state index contributed by atoms with van der Waals surface area (Å²) in [5.41, 5.74) is 6.74. The van der Waals surface area contributed by atoms with Gasteiger partial charge in [-0.1, -0.05) is 40.5 Å². The molecule has 1 aromatic heterocycles. The molecule has 172 valence electrons. The van der Waals surface area contributed by atoms with Crippen LogP contribution in [0.1, 0.15) is 94.9 Å². The van der Waals surface area contributed by atoms with E-state index in [2.05, 4.69) is 67.4 Å². The van der Waals surface area contributed by atoms with Crippen LogP contribution in [0.15, 0.2) is 18.5 Å². The van der Waals surface area contributed by atoms with E-state index in [9.17, 15) is 4.79 Å². The van der Waals surface area contributed by atoms with Gasteiger partial charge in [0.2, 0.25) is 5.91 Å². The van der Waals surface area contributed by atoms with Gasteiger partial charge in [-0.2, -0.15) is 0 Å². The van der Waals surface area contributed by atoms with Gasteiger partial charge in [-0.15, -0.1) is 0 Å². The summed E-state index contributed by atoms with van der Waals surface area (Å²) >= 11 is 0. The van der Waals surface area contributed by atoms with E-state index < -0.39 is 0 Å². The summed E-state index contributed by atoms with van der Waals surface area (Å²) in [6.07, 6.45) is 9.57. The molecule has 1 amide bonds. The third-order valence-electron chi connectivity index (χ3n) is 7.59. The Morgan fingerprint density at radius 1 is 1.12 bits per heavy atom. The van der Waals surface area contributed by atoms with E-state index >= 15 is 0 Å². The number of hydrogen-bond acceptors (Lipinski definition) is 4. The van der Waals surface area contributed by atoms with Gasteiger partial charge in [-0.25, -0.2) is 9.97 Å². The third kappa shape index (κ3) is 4.14. The maximum atomic E-state index is 12.2. The topological polar surface area (TPSA) is 66.9 Å². The number of nitrogens with zero attached hydrogens (tertiary/aromatic N) is 2. The molecular weight excluding hydrogens is 396 g/mol. The summed E-state index contributed by atoms with van der Waals surface area (Å²) in [5.74, 6) is 1.56. The molecule has 0 aliphatic heterocycles. The third-order valence-corrected chi connectivity index (χ3v) is 7.59. The first-order chi connectivity index (χ1) is 15.2. The van der Waals surface area contributed by atoms with Crippen LogP contribution in [0, 0.1) is 19.8 Å². The number of aromatic nitrogens is 2. The Kier molecular flexibility index (Phi) is 6.04. The smallest absolute Gasteiger partial charge is 0.228 e. The minimum atomic E-state index is 0.0667. The predicted octanol–water partition coefficient (Wildman–Crippen LogP) is 6.70. The molecule has 2 N–H and O–H groups in total. The molecule has 0 radical (unpaired) electrons. The van der Waals surface area contributed by atoms with Crippen molar-refractivity contribution in [3.05, 3.63) is 40.7 Å². The molecular formula is C27H38N4O. The van der Waals surface area contributed by atoms with Crippen molar-refractivity contribution in [3.63, 3.8) is 0 Å². The van der Waals surface area contributed by atoms with Crippen molar-refractivity contribution in [2.45, 2.75) is 97.3 Å². The molecule has 2 aromatic rings. The Morgan fingerprint density at radius 2 is 1.84 bits per heavy atom. The summed E-state index contributed by atoms with van der Waals surface area (Å²) < 4.78 is 0. The highest BCUT2D eigenvalue weighted by atomic mass is 16.2. The molecule has 4 rings (SSSR count). The molecule has 1 aromatic carbocycles. The number of nitrogens with one attached hydrogen (secondary N) is 2. The number of rotatable bonds is 8. The number of carbonyl (C=O) groups is 1. The van der Waals surface area contributed by atoms with Gasteiger partial charge in [0, 0.05) is 17.2 Å². The number of benzene rings is 1. The van der Waals surface area contributed by atoms with E-state index in [1.165, 1.54) is 48.7 Å². The molecule has 2 aliphatic carbocycles. The molecule has 1 unspecified atom stereocenters. The van der Waals surface area contributed by atoms with Crippen molar-refractivity contribution in [3.8, 4) is 0 Å². The van der Waals surface area contributed by atoms with Gasteiger partial charge in [0.05, 0.1) is 0 Å². The Morgan fingerprint density at radius 3 is 2.50 bits per heavy atom. The summed E-state index contributed by atoms with van der Waals surface area (Å²) in [7, 11) is 0. The summed E-state index contributed by atoms with van der Waals surface area (Å²) in [6, 6.07) is 4.61. The van der Waals surface area contributed by atoms with Crippen LogP contribution in [-0.2, 0) is 15.6 Å². The van der Waals surface area contributed by atoms with Crippen LogP contribution < -0.4 is 10.6 Å². The maximum absolute atomic E-state index is 12.2. The molecule has 0 bridgehead atoms. The molecule has 1 atom stereocenters. The Labute approximate surface area is 192 Å². The zero-order chi connectivity index (χ0) is 23.1. The number of hydrogen-bond donors (Lipinski definition) is 2. The van der Waals surface area contributed by atoms with E-state index in [0.29, 0.717) is 5.82 Å². The minimum absolute atomic E-state index is 0.0667. The Balaban J connectivity index is 1.68. The highest BCUT2D eigenvalue weighted by Crippen LogP contribution is 2.55. The van der Waals surface area contributed by atoms with Crippen molar-refractivity contribution < 1.29 is 4.79 Å². The van der Waals surface area contributed by atoms with E-state index in [1.54, 1.807) is 0 Å². The summed E-state index contributed by atoms with van der Waals surface area (Å²) in [6.45, 7) is 13.6. The van der Waals surface area contributed by atoms with E-state index in [0.717, 1.165) is 36.3 Å². The van der Waals surface area contributed by atoms with Crippen LogP contribution >= 0.6 is 0 Å². The lowest BCUT2D eigenvalue weighted by atomic mass is 9.73. The molecule has 1 fully saturated rings. The lowest BCUT2D eigenvalue weighted by molar-refractivity contribution is -0.117. The fourth-order valence-electron chi connectivity index (χ4n) is 5.84. The van der Waals surface area contributed by atoms with Crippen LogP contribution in [0.3, 0.4) is 0 Å². The van der Waals surface area contributed by atoms with Crippen molar-refractivity contribution in [1.82, 2.24) is 9.97 Å². The lowest BCUT2D eigenvalue weighted by Crippen LogP contribution is -2.25. The first-order valence-electron chi connectivity index (χ1n) is 12.3. The zero-order valence-corrected chi connectivity index (χ0v) is 20.6. The summed E-state index contributed by atoms with van der Waals surface area (Å²) in [5, 5.41) is 6.52. The van der Waals surface area contributed by atoms with Crippen molar-refractivity contribution in [2.24, 2.45) is 5.92 Å². The van der Waals surface area contributed by atoms with E-state index in [-0.39, 0.29) is 22.7 Å². The highest BCUT2D eigenvalue weighted by Gasteiger charge is 2.47. The van der Waals surface area contributed by atoms with Gasteiger partial charge in [0.15, 0.2) is 0 Å². The molecule has 32 heavy (non-hydrogen) atoms. The first-order valence-corrected chi connectivity index (χ1v) is 12.3. The van der Waals surface area contributed by atoms with Crippen LogP contribution in [0.2, 0.25) is 0 Å². The standard InChI is InChI=1S/C27H38N4O/c1-7-9-12-27(8-2)15-26(5,6)22-17(3)13-20(14-21(22)27)30-23-18(4)24(29-16-28-23)31-25(32)19-10-11-19/h13-14,16,19H,7-12,15H2,1-6H3,(H2,28,29,30,31,32). The van der Waals surface area contributed by atoms with E-state index in [1.807, 2.05) is 6.92 Å². The van der Waals surface area contributed by atoms with Crippen LogP contribution in [0.4, 0.5) is 17.3 Å². The summed E-state index contributed by atoms with van der Waals surface area (Å²) in [4.78, 5) is 21.0. The van der Waals surface area contributed by atoms with Gasteiger partial charge in [-0.3, -0.25) is 4.79 Å². The fourth-order valence-corrected chi connectivity index (χ4v) is 5.84. The number of aryl methyl sites for hydroxylation is 1. The zero-order valence-electron chi connectivity index (χ0n) is 20.6. The number of amides is 1. The highest BCUT2D eigenvalue weighted by molar-refractivity contribution is 5.94. The van der Waals surface area contributed by atoms with Gasteiger partial charge >= 0.3 is 0 Å². The lowest BCUT2D eigenvalue weighted by Gasteiger charge is -2.31. The average Bonchev–Trinajstić information content (AvgIpc) is 3.55. The van der Waals surface area contributed by atoms with Gasteiger partial charge in [0.25, 0.3) is 0 Å².